The van der Waals surface area contributed by atoms with E-state index in [9.17, 15) is 29.4 Å². The summed E-state index contributed by atoms with van der Waals surface area (Å²) in [5.41, 5.74) is 1.53. The van der Waals surface area contributed by atoms with Gasteiger partial charge in [-0.15, -0.1) is 0 Å². The highest BCUT2D eigenvalue weighted by Crippen LogP contribution is 2.38. The first kappa shape index (κ1) is 31.7. The Balaban J connectivity index is 1.29. The van der Waals surface area contributed by atoms with E-state index < -0.39 is 29.0 Å². The molecule has 2 aliphatic rings. The molecule has 2 amide bonds. The number of methoxy groups -OCH3 is 1. The van der Waals surface area contributed by atoms with Gasteiger partial charge in [-0.2, -0.15) is 0 Å². The lowest BCUT2D eigenvalue weighted by Gasteiger charge is -2.43. The van der Waals surface area contributed by atoms with Crippen LogP contribution in [0.3, 0.4) is 0 Å². The highest BCUT2D eigenvalue weighted by Gasteiger charge is 2.39. The zero-order valence-electron chi connectivity index (χ0n) is 26.2. The molecule has 1 fully saturated rings. The predicted molar refractivity (Wildman–Crippen MR) is 173 cm³/mol. The number of benzene rings is 2. The van der Waals surface area contributed by atoms with E-state index in [1.165, 1.54) is 19.2 Å². The number of phenols is 1. The number of aryl methyl sites for hydroxylation is 1. The second-order valence-corrected chi connectivity index (χ2v) is 12.4. The Morgan fingerprint density at radius 2 is 1.79 bits per heavy atom. The fraction of sp³-hybridized carbons (Fsp3) is 0.333. The van der Waals surface area contributed by atoms with Crippen LogP contribution >= 0.6 is 0 Å². The van der Waals surface area contributed by atoms with Gasteiger partial charge in [-0.25, -0.2) is 0 Å². The molecule has 0 saturated carbocycles. The molecule has 0 unspecified atom stereocenters. The van der Waals surface area contributed by atoms with Crippen molar-refractivity contribution in [3.8, 4) is 17.2 Å². The number of aromatic nitrogens is 1. The summed E-state index contributed by atoms with van der Waals surface area (Å²) in [6.45, 7) is 3.00. The van der Waals surface area contributed by atoms with E-state index >= 15 is 0 Å². The summed E-state index contributed by atoms with van der Waals surface area (Å²) < 4.78 is 12.9. The third-order valence-electron chi connectivity index (χ3n) is 9.09. The zero-order valence-corrected chi connectivity index (χ0v) is 26.2. The van der Waals surface area contributed by atoms with Crippen molar-refractivity contribution >= 4 is 11.8 Å². The lowest BCUT2D eigenvalue weighted by Crippen LogP contribution is -2.55. The minimum Gasteiger partial charge on any atom is -0.504 e. The molecule has 0 aliphatic carbocycles. The number of hydrogen-bond donors (Lipinski definition) is 3. The van der Waals surface area contributed by atoms with Crippen molar-refractivity contribution in [1.82, 2.24) is 14.8 Å². The summed E-state index contributed by atoms with van der Waals surface area (Å²) in [6.07, 6.45) is 0.843. The van der Waals surface area contributed by atoms with E-state index in [0.29, 0.717) is 25.2 Å². The van der Waals surface area contributed by atoms with Crippen LogP contribution in [0.1, 0.15) is 53.0 Å². The number of piperidine rings is 1. The Bertz CT molecular complexity index is 1920. The molecule has 11 heteroatoms. The Labute approximate surface area is 271 Å². The Kier molecular flexibility index (Phi) is 8.88. The topological polar surface area (TPSA) is 151 Å². The Hall–Kier alpha value is -5.32. The van der Waals surface area contributed by atoms with Gasteiger partial charge in [-0.05, 0) is 48.6 Å². The number of phenolic OH excluding ortho intramolecular Hbond substituents is 1. The van der Waals surface area contributed by atoms with Gasteiger partial charge < -0.3 is 34.2 Å². The maximum absolute atomic E-state index is 14.2. The van der Waals surface area contributed by atoms with Gasteiger partial charge in [0.15, 0.2) is 17.3 Å². The molecule has 0 spiro atoms. The van der Waals surface area contributed by atoms with Crippen molar-refractivity contribution < 1.29 is 29.0 Å². The molecule has 2 aromatic carbocycles. The largest absolute Gasteiger partial charge is 0.504 e. The van der Waals surface area contributed by atoms with Crippen LogP contribution in [0, 0.1) is 12.8 Å². The van der Waals surface area contributed by atoms with E-state index in [2.05, 4.69) is 5.32 Å². The lowest BCUT2D eigenvalue weighted by molar-refractivity contribution is -0.138. The molecule has 6 rings (SSSR count). The van der Waals surface area contributed by atoms with Crippen molar-refractivity contribution in [2.75, 3.05) is 20.2 Å². The zero-order chi connectivity index (χ0) is 33.2. The van der Waals surface area contributed by atoms with Crippen LogP contribution in [0.5, 0.6) is 17.2 Å². The van der Waals surface area contributed by atoms with Gasteiger partial charge in [-0.1, -0.05) is 42.5 Å². The van der Waals surface area contributed by atoms with Crippen LogP contribution in [0.4, 0.5) is 0 Å². The van der Waals surface area contributed by atoms with Crippen LogP contribution in [0.15, 0.2) is 86.8 Å². The number of aromatic hydroxyl groups is 2. The monoisotopic (exact) mass is 639 g/mol. The van der Waals surface area contributed by atoms with E-state index in [4.69, 9.17) is 9.15 Å². The molecular formula is C36H37N3O8. The van der Waals surface area contributed by atoms with Crippen LogP contribution in [-0.2, 0) is 22.6 Å². The van der Waals surface area contributed by atoms with Gasteiger partial charge in [0.05, 0.1) is 13.0 Å². The van der Waals surface area contributed by atoms with Crippen molar-refractivity contribution in [3.63, 3.8) is 0 Å². The minimum atomic E-state index is -0.950. The third-order valence-corrected chi connectivity index (χ3v) is 9.09. The number of pyridine rings is 1. The third kappa shape index (κ3) is 6.65. The first-order chi connectivity index (χ1) is 22.6. The standard InChI is InChI=1S/C36H37N3O8/c1-21-13-30(41)34(44)35(47-21)26(24-11-12-29(40)31(16-24)46-2)17-32(42)37-27(15-22-7-4-3-5-8-22)36(45)38-18-23-14-25(20-38)28-9-6-10-33(43)39(28)19-23/h3-13,16,23,25-27,40,44H,14-15,17-20H2,1-2H3,(H,37,42)/t23-,25+,26+,27+/m1/s1. The summed E-state index contributed by atoms with van der Waals surface area (Å²) in [5.74, 6) is -2.04. The predicted octanol–water partition coefficient (Wildman–Crippen LogP) is 3.43. The summed E-state index contributed by atoms with van der Waals surface area (Å²) in [5, 5.41) is 23.9. The Morgan fingerprint density at radius 1 is 1.00 bits per heavy atom. The van der Waals surface area contributed by atoms with Gasteiger partial charge in [0.25, 0.3) is 5.56 Å². The summed E-state index contributed by atoms with van der Waals surface area (Å²) in [6, 6.07) is 19.4. The van der Waals surface area contributed by atoms with Crippen LogP contribution in [-0.4, -0.2) is 57.7 Å². The first-order valence-electron chi connectivity index (χ1n) is 15.6. The van der Waals surface area contributed by atoms with E-state index in [1.807, 2.05) is 36.4 Å². The number of ether oxygens (including phenoxy) is 1. The number of carbonyl (C=O) groups is 2. The van der Waals surface area contributed by atoms with E-state index in [1.54, 1.807) is 34.6 Å². The Morgan fingerprint density at radius 3 is 2.55 bits per heavy atom. The number of nitrogens with zero attached hydrogens (tertiary/aromatic N) is 2. The molecule has 11 nitrogen and oxygen atoms in total. The molecule has 2 aliphatic heterocycles. The summed E-state index contributed by atoms with van der Waals surface area (Å²) in [4.78, 5) is 55.0. The fourth-order valence-corrected chi connectivity index (χ4v) is 6.92. The smallest absolute Gasteiger partial charge is 0.250 e. The van der Waals surface area contributed by atoms with Crippen LogP contribution < -0.4 is 21.0 Å². The molecule has 2 aromatic heterocycles. The van der Waals surface area contributed by atoms with Crippen LogP contribution in [0.2, 0.25) is 0 Å². The number of likely N-dealkylation sites (tertiary alicyclic amines) is 1. The van der Waals surface area contributed by atoms with Crippen molar-refractivity contribution in [3.05, 3.63) is 122 Å². The first-order valence-corrected chi connectivity index (χ1v) is 15.6. The molecule has 1 saturated heterocycles. The number of amides is 2. The molecule has 4 atom stereocenters. The molecule has 2 bridgehead atoms. The van der Waals surface area contributed by atoms with Gasteiger partial charge in [0, 0.05) is 56.2 Å². The van der Waals surface area contributed by atoms with E-state index in [-0.39, 0.29) is 59.2 Å². The molecular weight excluding hydrogens is 602 g/mol. The highest BCUT2D eigenvalue weighted by atomic mass is 16.5. The normalized spacial score (nSPS) is 18.1. The lowest BCUT2D eigenvalue weighted by atomic mass is 9.82. The fourth-order valence-electron chi connectivity index (χ4n) is 6.92. The molecule has 3 N–H and O–H groups in total. The maximum Gasteiger partial charge on any atom is 0.250 e. The average Bonchev–Trinajstić information content (AvgIpc) is 3.06. The quantitative estimate of drug-likeness (QED) is 0.252. The van der Waals surface area contributed by atoms with Crippen molar-refractivity contribution in [2.45, 2.75) is 50.6 Å². The number of fused-ring (bicyclic) bond motifs is 4. The highest BCUT2D eigenvalue weighted by molar-refractivity contribution is 5.88. The van der Waals surface area contributed by atoms with Gasteiger partial charge in [0.1, 0.15) is 11.8 Å². The number of hydrogen-bond acceptors (Lipinski definition) is 8. The minimum absolute atomic E-state index is 0.00878. The number of rotatable bonds is 9. The maximum atomic E-state index is 14.2. The van der Waals surface area contributed by atoms with Gasteiger partial charge >= 0.3 is 0 Å². The van der Waals surface area contributed by atoms with Gasteiger partial charge in [-0.3, -0.25) is 19.2 Å². The summed E-state index contributed by atoms with van der Waals surface area (Å²) >= 11 is 0. The summed E-state index contributed by atoms with van der Waals surface area (Å²) in [7, 11) is 1.39. The van der Waals surface area contributed by atoms with Crippen molar-refractivity contribution in [2.24, 2.45) is 5.92 Å². The SMILES string of the molecule is COc1cc([C@H](CC(=O)N[C@@H](Cc2ccccc2)C(=O)N2C[C@H]3C[C@@H](C2)c2cccc(=O)n2C3)c2oc(C)cc(=O)c2O)ccc1O. The van der Waals surface area contributed by atoms with Crippen LogP contribution in [0.25, 0.3) is 0 Å². The molecule has 47 heavy (non-hydrogen) atoms. The number of carbonyl (C=O) groups excluding carboxylic acids is 2. The molecule has 4 heterocycles. The molecule has 4 aromatic rings. The second kappa shape index (κ2) is 13.2. The van der Waals surface area contributed by atoms with Crippen molar-refractivity contribution in [1.29, 1.82) is 0 Å². The number of nitrogens with one attached hydrogen (secondary N) is 1. The molecule has 244 valence electrons. The second-order valence-electron chi connectivity index (χ2n) is 12.4. The molecule has 0 radical (unpaired) electrons. The van der Waals surface area contributed by atoms with Gasteiger partial charge in [0.2, 0.25) is 23.0 Å². The average molecular weight is 640 g/mol. The van der Waals surface area contributed by atoms with E-state index in [0.717, 1.165) is 23.7 Å².